The molecule has 6 heteroatoms. The summed E-state index contributed by atoms with van der Waals surface area (Å²) in [5.41, 5.74) is 0. The van der Waals surface area contributed by atoms with Crippen LogP contribution in [0.3, 0.4) is 0 Å². The molecule has 0 atom stereocenters. The average Bonchev–Trinajstić information content (AvgIpc) is 2.82. The molecule has 0 fully saturated rings. The molecule has 6 nitrogen and oxygen atoms in total. The topological polar surface area (TPSA) is 71.2 Å². The summed E-state index contributed by atoms with van der Waals surface area (Å²) in [6.45, 7) is 1.59. The van der Waals surface area contributed by atoms with E-state index in [1.54, 1.807) is 35.2 Å². The summed E-state index contributed by atoms with van der Waals surface area (Å²) in [6, 6.07) is 3.80. The smallest absolute Gasteiger partial charge is 0.244 e. The van der Waals surface area contributed by atoms with Gasteiger partial charge in [0.2, 0.25) is 5.91 Å². The second-order valence-corrected chi connectivity index (χ2v) is 3.49. The van der Waals surface area contributed by atoms with Gasteiger partial charge in [0.1, 0.15) is 6.54 Å². The number of nitriles is 1. The largest absolute Gasteiger partial charge is 0.383 e. The van der Waals surface area contributed by atoms with Gasteiger partial charge in [0.25, 0.3) is 0 Å². The minimum absolute atomic E-state index is 0.0546. The fourth-order valence-electron chi connectivity index (χ4n) is 1.38. The van der Waals surface area contributed by atoms with Crippen LogP contribution in [0.1, 0.15) is 6.42 Å². The van der Waals surface area contributed by atoms with Crippen molar-refractivity contribution in [1.29, 1.82) is 5.26 Å². The zero-order chi connectivity index (χ0) is 12.5. The lowest BCUT2D eigenvalue weighted by molar-refractivity contribution is -0.132. The first-order valence-corrected chi connectivity index (χ1v) is 5.39. The van der Waals surface area contributed by atoms with Gasteiger partial charge in [-0.2, -0.15) is 10.4 Å². The molecule has 1 heterocycles. The summed E-state index contributed by atoms with van der Waals surface area (Å²) in [7, 11) is 1.58. The van der Waals surface area contributed by atoms with Crippen molar-refractivity contribution in [3.05, 3.63) is 18.5 Å². The predicted octanol–water partition coefficient (Wildman–Crippen LogP) is 0.272. The summed E-state index contributed by atoms with van der Waals surface area (Å²) in [4.78, 5) is 13.5. The van der Waals surface area contributed by atoms with Crippen LogP contribution in [0.4, 0.5) is 0 Å². The molecule has 0 saturated carbocycles. The molecule has 0 bridgehead atoms. The lowest BCUT2D eigenvalue weighted by Crippen LogP contribution is -2.37. The Labute approximate surface area is 100 Å². The molecule has 0 aliphatic carbocycles. The number of aromatic nitrogens is 2. The van der Waals surface area contributed by atoms with Gasteiger partial charge >= 0.3 is 0 Å². The maximum absolute atomic E-state index is 11.9. The van der Waals surface area contributed by atoms with Gasteiger partial charge < -0.3 is 9.64 Å². The molecule has 0 aliphatic rings. The third-order valence-corrected chi connectivity index (χ3v) is 2.27. The molecule has 0 saturated heterocycles. The molecule has 0 aromatic carbocycles. The Bertz CT molecular complexity index is 369. The summed E-state index contributed by atoms with van der Waals surface area (Å²) in [6.07, 6.45) is 3.69. The monoisotopic (exact) mass is 236 g/mol. The van der Waals surface area contributed by atoms with Crippen molar-refractivity contribution in [3.63, 3.8) is 0 Å². The highest BCUT2D eigenvalue weighted by atomic mass is 16.5. The minimum Gasteiger partial charge on any atom is -0.383 e. The molecule has 17 heavy (non-hydrogen) atoms. The number of hydrogen-bond acceptors (Lipinski definition) is 4. The fraction of sp³-hybridized carbons (Fsp3) is 0.545. The number of carbonyl (C=O) groups excluding carboxylic acids is 1. The molecule has 92 valence electrons. The molecular weight excluding hydrogens is 220 g/mol. The highest BCUT2D eigenvalue weighted by Gasteiger charge is 2.13. The van der Waals surface area contributed by atoms with Gasteiger partial charge in [-0.25, -0.2) is 0 Å². The molecule has 1 rings (SSSR count). The van der Waals surface area contributed by atoms with E-state index in [2.05, 4.69) is 5.10 Å². The van der Waals surface area contributed by atoms with Gasteiger partial charge in [-0.1, -0.05) is 0 Å². The lowest BCUT2D eigenvalue weighted by Gasteiger charge is -2.21. The van der Waals surface area contributed by atoms with Crippen LogP contribution >= 0.6 is 0 Å². The molecule has 1 aromatic rings. The number of hydrogen-bond donors (Lipinski definition) is 0. The third-order valence-electron chi connectivity index (χ3n) is 2.27. The van der Waals surface area contributed by atoms with Crippen LogP contribution in [-0.4, -0.2) is 47.4 Å². The summed E-state index contributed by atoms with van der Waals surface area (Å²) < 4.78 is 6.50. The molecule has 1 amide bonds. The Balaban J connectivity index is 2.49. The van der Waals surface area contributed by atoms with Crippen LogP contribution in [0.2, 0.25) is 0 Å². The Morgan fingerprint density at radius 3 is 3.00 bits per heavy atom. The minimum atomic E-state index is -0.0546. The van der Waals surface area contributed by atoms with Crippen molar-refractivity contribution in [3.8, 4) is 6.07 Å². The van der Waals surface area contributed by atoms with E-state index >= 15 is 0 Å². The first kappa shape index (κ1) is 13.2. The van der Waals surface area contributed by atoms with Crippen LogP contribution < -0.4 is 0 Å². The number of carbonyl (C=O) groups is 1. The normalized spacial score (nSPS) is 9.88. The summed E-state index contributed by atoms with van der Waals surface area (Å²) >= 11 is 0. The van der Waals surface area contributed by atoms with Gasteiger partial charge in [-0.15, -0.1) is 0 Å². The molecular formula is C11H16N4O2. The van der Waals surface area contributed by atoms with Crippen LogP contribution in [0.25, 0.3) is 0 Å². The van der Waals surface area contributed by atoms with Crippen LogP contribution in [-0.2, 0) is 16.1 Å². The molecule has 0 radical (unpaired) electrons. The van der Waals surface area contributed by atoms with Crippen LogP contribution in [0.5, 0.6) is 0 Å². The van der Waals surface area contributed by atoms with Gasteiger partial charge in [0, 0.05) is 32.6 Å². The van der Waals surface area contributed by atoms with E-state index in [0.29, 0.717) is 26.1 Å². The lowest BCUT2D eigenvalue weighted by atomic mass is 10.3. The quantitative estimate of drug-likeness (QED) is 0.681. The van der Waals surface area contributed by atoms with Crippen molar-refractivity contribution in [2.45, 2.75) is 13.0 Å². The van der Waals surface area contributed by atoms with Crippen molar-refractivity contribution >= 4 is 5.91 Å². The van der Waals surface area contributed by atoms with Gasteiger partial charge in [0.15, 0.2) is 0 Å². The zero-order valence-corrected chi connectivity index (χ0v) is 9.87. The summed E-state index contributed by atoms with van der Waals surface area (Å²) in [5, 5.41) is 12.5. The van der Waals surface area contributed by atoms with Crippen molar-refractivity contribution < 1.29 is 9.53 Å². The third kappa shape index (κ3) is 4.66. The van der Waals surface area contributed by atoms with Crippen LogP contribution in [0.15, 0.2) is 18.5 Å². The van der Waals surface area contributed by atoms with Gasteiger partial charge in [-0.3, -0.25) is 9.48 Å². The number of amides is 1. The zero-order valence-electron chi connectivity index (χ0n) is 9.87. The van der Waals surface area contributed by atoms with Crippen LogP contribution in [0, 0.1) is 11.3 Å². The van der Waals surface area contributed by atoms with E-state index in [1.165, 1.54) is 0 Å². The maximum Gasteiger partial charge on any atom is 0.244 e. The van der Waals surface area contributed by atoms with Crippen molar-refractivity contribution in [2.75, 3.05) is 26.8 Å². The number of rotatable bonds is 7. The Hall–Kier alpha value is -1.87. The fourth-order valence-corrected chi connectivity index (χ4v) is 1.38. The molecule has 0 N–H and O–H groups in total. The Morgan fingerprint density at radius 1 is 1.59 bits per heavy atom. The Kier molecular flexibility index (Phi) is 5.75. The standard InChI is InChI=1S/C11H16N4O2/c1-17-9-8-14(6-2-4-12)11(16)10-15-7-3-5-13-15/h3,5,7H,2,6,8-10H2,1H3. The van der Waals surface area contributed by atoms with E-state index in [4.69, 9.17) is 10.00 Å². The number of ether oxygens (including phenoxy) is 1. The Morgan fingerprint density at radius 2 is 2.41 bits per heavy atom. The highest BCUT2D eigenvalue weighted by Crippen LogP contribution is 1.96. The van der Waals surface area contributed by atoms with E-state index in [9.17, 15) is 4.79 Å². The first-order chi connectivity index (χ1) is 8.27. The molecule has 0 spiro atoms. The number of methoxy groups -OCH3 is 1. The highest BCUT2D eigenvalue weighted by molar-refractivity contribution is 5.75. The van der Waals surface area contributed by atoms with Gasteiger partial charge in [-0.05, 0) is 6.07 Å². The molecule has 0 aliphatic heterocycles. The predicted molar refractivity (Wildman–Crippen MR) is 60.9 cm³/mol. The first-order valence-electron chi connectivity index (χ1n) is 5.39. The number of nitrogens with zero attached hydrogens (tertiary/aromatic N) is 4. The van der Waals surface area contributed by atoms with Gasteiger partial charge in [0.05, 0.1) is 19.1 Å². The maximum atomic E-state index is 11.9. The van der Waals surface area contributed by atoms with Crippen molar-refractivity contribution in [1.82, 2.24) is 14.7 Å². The average molecular weight is 236 g/mol. The van der Waals surface area contributed by atoms with Crippen molar-refractivity contribution in [2.24, 2.45) is 0 Å². The van der Waals surface area contributed by atoms with E-state index in [1.807, 2.05) is 6.07 Å². The van der Waals surface area contributed by atoms with E-state index < -0.39 is 0 Å². The second kappa shape index (κ2) is 7.41. The van der Waals surface area contributed by atoms with E-state index in [-0.39, 0.29) is 12.5 Å². The molecule has 0 unspecified atom stereocenters. The molecule has 1 aromatic heterocycles. The second-order valence-electron chi connectivity index (χ2n) is 3.49. The SMILES string of the molecule is COCCN(CCC#N)C(=O)Cn1cccn1. The van der Waals surface area contributed by atoms with E-state index in [0.717, 1.165) is 0 Å². The summed E-state index contributed by atoms with van der Waals surface area (Å²) in [5.74, 6) is -0.0546.